The third kappa shape index (κ3) is 3.18. The van der Waals surface area contributed by atoms with Gasteiger partial charge in [0.2, 0.25) is 11.8 Å². The van der Waals surface area contributed by atoms with Crippen molar-refractivity contribution in [3.63, 3.8) is 0 Å². The molecule has 6 nitrogen and oxygen atoms in total. The van der Waals surface area contributed by atoms with E-state index in [4.69, 9.17) is 16.6 Å². The third-order valence-electron chi connectivity index (χ3n) is 3.03. The lowest BCUT2D eigenvalue weighted by Gasteiger charge is -2.16. The van der Waals surface area contributed by atoms with Gasteiger partial charge in [0.15, 0.2) is 0 Å². The molecule has 3 heterocycles. The van der Waals surface area contributed by atoms with Crippen LogP contribution in [0, 0.1) is 11.8 Å². The Balaban J connectivity index is 1.73. The van der Waals surface area contributed by atoms with Crippen LogP contribution in [0.4, 0.5) is 5.95 Å². The van der Waals surface area contributed by atoms with Crippen molar-refractivity contribution < 1.29 is 4.42 Å². The van der Waals surface area contributed by atoms with Gasteiger partial charge < -0.3 is 9.32 Å². The highest BCUT2D eigenvalue weighted by molar-refractivity contribution is 7.98. The molecule has 1 fully saturated rings. The predicted octanol–water partition coefficient (Wildman–Crippen LogP) is 2.72. The van der Waals surface area contributed by atoms with Crippen LogP contribution < -0.4 is 4.90 Å². The van der Waals surface area contributed by atoms with Crippen molar-refractivity contribution in [3.05, 3.63) is 22.5 Å². The van der Waals surface area contributed by atoms with E-state index in [-0.39, 0.29) is 0 Å². The Hall–Kier alpha value is -1.41. The first kappa shape index (κ1) is 13.6. The van der Waals surface area contributed by atoms with Crippen LogP contribution >= 0.6 is 24.0 Å². The maximum Gasteiger partial charge on any atom is 0.284 e. The molecular formula is C12H15N5OS2. The van der Waals surface area contributed by atoms with Gasteiger partial charge in [-0.15, -0.1) is 5.10 Å². The number of anilines is 1. The summed E-state index contributed by atoms with van der Waals surface area (Å²) in [6.45, 7) is 4.08. The molecule has 2 aromatic heterocycles. The SMILES string of the molecule is Cc1cc(SCc2n[nH]c(=S)o2)nc(N2CCCC2)n1. The van der Waals surface area contributed by atoms with Crippen LogP contribution in [0.3, 0.4) is 0 Å². The molecule has 0 bridgehead atoms. The molecular weight excluding hydrogens is 294 g/mol. The summed E-state index contributed by atoms with van der Waals surface area (Å²) in [5, 5.41) is 7.53. The van der Waals surface area contributed by atoms with Crippen LogP contribution in [-0.4, -0.2) is 33.3 Å². The minimum Gasteiger partial charge on any atom is -0.413 e. The molecule has 1 N–H and O–H groups in total. The van der Waals surface area contributed by atoms with Crippen molar-refractivity contribution in [1.29, 1.82) is 0 Å². The molecule has 0 saturated carbocycles. The predicted molar refractivity (Wildman–Crippen MR) is 79.5 cm³/mol. The van der Waals surface area contributed by atoms with Crippen LogP contribution in [-0.2, 0) is 5.75 Å². The van der Waals surface area contributed by atoms with Crippen LogP contribution in [0.2, 0.25) is 0 Å². The molecule has 20 heavy (non-hydrogen) atoms. The number of hydrogen-bond acceptors (Lipinski definition) is 7. The summed E-state index contributed by atoms with van der Waals surface area (Å²) in [5.41, 5.74) is 0.979. The summed E-state index contributed by atoms with van der Waals surface area (Å²) in [5.74, 6) is 2.01. The van der Waals surface area contributed by atoms with E-state index in [1.54, 1.807) is 11.8 Å². The molecule has 8 heteroatoms. The summed E-state index contributed by atoms with van der Waals surface area (Å²) >= 11 is 6.43. The molecule has 3 rings (SSSR count). The van der Waals surface area contributed by atoms with E-state index in [0.717, 1.165) is 29.8 Å². The molecule has 1 aliphatic rings. The average Bonchev–Trinajstić information content (AvgIpc) is 3.07. The minimum atomic E-state index is 0.303. The van der Waals surface area contributed by atoms with Gasteiger partial charge in [-0.05, 0) is 38.0 Å². The number of H-pyrrole nitrogens is 1. The second-order valence-corrected chi connectivity index (χ2v) is 6.00. The number of hydrogen-bond donors (Lipinski definition) is 1. The highest BCUT2D eigenvalue weighted by Gasteiger charge is 2.16. The van der Waals surface area contributed by atoms with Crippen molar-refractivity contribution in [1.82, 2.24) is 20.2 Å². The molecule has 0 radical (unpaired) electrons. The van der Waals surface area contributed by atoms with Gasteiger partial charge in [0.1, 0.15) is 5.03 Å². The Morgan fingerprint density at radius 3 is 2.90 bits per heavy atom. The molecule has 1 aliphatic heterocycles. The third-order valence-corrected chi connectivity index (χ3v) is 4.10. The number of thioether (sulfide) groups is 1. The monoisotopic (exact) mass is 309 g/mol. The van der Waals surface area contributed by atoms with E-state index >= 15 is 0 Å². The molecule has 0 aliphatic carbocycles. The Labute approximate surface area is 126 Å². The zero-order valence-electron chi connectivity index (χ0n) is 11.1. The normalized spacial score (nSPS) is 14.9. The first-order valence-corrected chi connectivity index (χ1v) is 7.88. The van der Waals surface area contributed by atoms with Gasteiger partial charge in [0, 0.05) is 18.8 Å². The lowest BCUT2D eigenvalue weighted by Crippen LogP contribution is -2.20. The van der Waals surface area contributed by atoms with Gasteiger partial charge in [-0.2, -0.15) is 0 Å². The number of nitrogens with one attached hydrogen (secondary N) is 1. The largest absolute Gasteiger partial charge is 0.413 e. The molecule has 1 saturated heterocycles. The fourth-order valence-corrected chi connectivity index (χ4v) is 3.05. The Morgan fingerprint density at radius 1 is 1.40 bits per heavy atom. The number of nitrogens with zero attached hydrogens (tertiary/aromatic N) is 4. The minimum absolute atomic E-state index is 0.303. The second kappa shape index (κ2) is 5.92. The Kier molecular flexibility index (Phi) is 4.02. The summed E-state index contributed by atoms with van der Waals surface area (Å²) in [6.07, 6.45) is 2.43. The van der Waals surface area contributed by atoms with Crippen LogP contribution in [0.15, 0.2) is 15.5 Å². The van der Waals surface area contributed by atoms with Gasteiger partial charge in [-0.1, -0.05) is 11.8 Å². The molecule has 2 aromatic rings. The first-order chi connectivity index (χ1) is 9.70. The Bertz CT molecular complexity index is 647. The van der Waals surface area contributed by atoms with Crippen molar-refractivity contribution in [2.75, 3.05) is 18.0 Å². The van der Waals surface area contributed by atoms with Gasteiger partial charge >= 0.3 is 0 Å². The summed E-state index contributed by atoms with van der Waals surface area (Å²) < 4.78 is 5.24. The van der Waals surface area contributed by atoms with Crippen LogP contribution in [0.1, 0.15) is 24.4 Å². The standard InChI is InChI=1S/C12H15N5OS2/c1-8-6-10(20-7-9-15-16-12(19)18-9)14-11(13-8)17-4-2-3-5-17/h6H,2-5,7H2,1H3,(H,16,19). The number of aromatic amines is 1. The lowest BCUT2D eigenvalue weighted by atomic mass is 10.4. The topological polar surface area (TPSA) is 70.8 Å². The molecule has 0 atom stereocenters. The maximum atomic E-state index is 5.24. The van der Waals surface area contributed by atoms with Gasteiger partial charge in [-0.3, -0.25) is 0 Å². The second-order valence-electron chi connectivity index (χ2n) is 4.64. The van der Waals surface area contributed by atoms with Crippen LogP contribution in [0.25, 0.3) is 0 Å². The quantitative estimate of drug-likeness (QED) is 0.529. The molecule has 0 spiro atoms. The number of aromatic nitrogens is 4. The van der Waals surface area contributed by atoms with Crippen molar-refractivity contribution >= 4 is 29.9 Å². The number of aryl methyl sites for hydroxylation is 1. The van der Waals surface area contributed by atoms with E-state index in [2.05, 4.69) is 25.1 Å². The highest BCUT2D eigenvalue weighted by atomic mass is 32.2. The van der Waals surface area contributed by atoms with Crippen LogP contribution in [0.5, 0.6) is 0 Å². The zero-order chi connectivity index (χ0) is 13.9. The van der Waals surface area contributed by atoms with Gasteiger partial charge in [0.05, 0.1) is 5.75 Å². The molecule has 0 unspecified atom stereocenters. The smallest absolute Gasteiger partial charge is 0.284 e. The summed E-state index contributed by atoms with van der Waals surface area (Å²) in [7, 11) is 0. The van der Waals surface area contributed by atoms with Crippen molar-refractivity contribution in [2.45, 2.75) is 30.5 Å². The lowest BCUT2D eigenvalue weighted by molar-refractivity contribution is 0.500. The molecule has 0 aromatic carbocycles. The highest BCUT2D eigenvalue weighted by Crippen LogP contribution is 2.24. The fourth-order valence-electron chi connectivity index (χ4n) is 2.12. The van der Waals surface area contributed by atoms with Gasteiger partial charge in [0.25, 0.3) is 4.84 Å². The van der Waals surface area contributed by atoms with E-state index in [1.807, 2.05) is 13.0 Å². The zero-order valence-corrected chi connectivity index (χ0v) is 12.8. The van der Waals surface area contributed by atoms with E-state index < -0.39 is 0 Å². The Morgan fingerprint density at radius 2 is 2.20 bits per heavy atom. The maximum absolute atomic E-state index is 5.24. The number of rotatable bonds is 4. The first-order valence-electron chi connectivity index (χ1n) is 6.48. The molecule has 106 valence electrons. The summed E-state index contributed by atoms with van der Waals surface area (Å²) in [6, 6.07) is 1.98. The van der Waals surface area contributed by atoms with Crippen molar-refractivity contribution in [2.24, 2.45) is 0 Å². The van der Waals surface area contributed by atoms with E-state index in [9.17, 15) is 0 Å². The van der Waals surface area contributed by atoms with E-state index in [1.165, 1.54) is 12.8 Å². The summed E-state index contributed by atoms with van der Waals surface area (Å²) in [4.78, 5) is 11.7. The van der Waals surface area contributed by atoms with Gasteiger partial charge in [-0.25, -0.2) is 15.1 Å². The van der Waals surface area contributed by atoms with E-state index in [0.29, 0.717) is 16.5 Å². The van der Waals surface area contributed by atoms with Crippen molar-refractivity contribution in [3.8, 4) is 0 Å². The average molecular weight is 309 g/mol. The fraction of sp³-hybridized carbons (Fsp3) is 0.500. The molecule has 0 amide bonds.